The van der Waals surface area contributed by atoms with Crippen molar-refractivity contribution in [1.29, 1.82) is 0 Å². The molecule has 6 heteroatoms. The first-order valence-corrected chi connectivity index (χ1v) is 7.17. The Morgan fingerprint density at radius 2 is 2.12 bits per heavy atom. The van der Waals surface area contributed by atoms with Crippen LogP contribution in [0, 0.1) is 0 Å². The van der Waals surface area contributed by atoms with Crippen LogP contribution in [0.25, 0.3) is 0 Å². The molecule has 0 bridgehead atoms. The van der Waals surface area contributed by atoms with E-state index in [1.54, 1.807) is 12.1 Å². The van der Waals surface area contributed by atoms with E-state index in [1.165, 1.54) is 16.4 Å². The van der Waals surface area contributed by atoms with Gasteiger partial charge in [0, 0.05) is 18.1 Å². The fourth-order valence-corrected chi connectivity index (χ4v) is 3.68. The van der Waals surface area contributed by atoms with Crippen LogP contribution in [0.3, 0.4) is 0 Å². The first-order valence-electron chi connectivity index (χ1n) is 5.35. The molecule has 0 saturated carbocycles. The van der Waals surface area contributed by atoms with Crippen molar-refractivity contribution in [2.24, 2.45) is 0 Å². The number of hydrogen-bond donors (Lipinski definition) is 1. The van der Waals surface area contributed by atoms with Gasteiger partial charge in [-0.3, -0.25) is 0 Å². The van der Waals surface area contributed by atoms with Crippen molar-refractivity contribution in [3.63, 3.8) is 0 Å². The van der Waals surface area contributed by atoms with Crippen LogP contribution in [0.2, 0.25) is 5.02 Å². The molecule has 0 amide bonds. The summed E-state index contributed by atoms with van der Waals surface area (Å²) >= 11 is 5.77. The molecule has 1 aromatic rings. The van der Waals surface area contributed by atoms with Gasteiger partial charge in [-0.25, -0.2) is 8.42 Å². The molecule has 1 heterocycles. The van der Waals surface area contributed by atoms with Crippen molar-refractivity contribution < 1.29 is 13.5 Å². The van der Waals surface area contributed by atoms with Gasteiger partial charge in [0.2, 0.25) is 10.0 Å². The zero-order valence-electron chi connectivity index (χ0n) is 9.43. The topological polar surface area (TPSA) is 57.6 Å². The van der Waals surface area contributed by atoms with Gasteiger partial charge in [-0.2, -0.15) is 4.31 Å². The third kappa shape index (κ3) is 2.33. The van der Waals surface area contributed by atoms with Crippen molar-refractivity contribution in [2.45, 2.75) is 23.8 Å². The second-order valence-electron chi connectivity index (χ2n) is 4.31. The van der Waals surface area contributed by atoms with E-state index in [1.807, 2.05) is 6.92 Å². The molecule has 1 aliphatic rings. The molecule has 0 aromatic heterocycles. The molecule has 94 valence electrons. The molecule has 2 rings (SSSR count). The van der Waals surface area contributed by atoms with E-state index in [-0.39, 0.29) is 18.0 Å². The van der Waals surface area contributed by atoms with Crippen LogP contribution in [0.5, 0.6) is 0 Å². The fourth-order valence-electron chi connectivity index (χ4n) is 1.78. The number of β-amino-alcohol motifs (C(OH)–C–C–N with tert-alkyl or cyclic N) is 1. The van der Waals surface area contributed by atoms with E-state index >= 15 is 0 Å². The molecule has 1 aliphatic heterocycles. The fraction of sp³-hybridized carbons (Fsp3) is 0.455. The lowest BCUT2D eigenvalue weighted by molar-refractivity contribution is -0.0613. The van der Waals surface area contributed by atoms with Crippen molar-refractivity contribution in [3.05, 3.63) is 29.3 Å². The van der Waals surface area contributed by atoms with E-state index < -0.39 is 15.6 Å². The SMILES string of the molecule is CCC1(O)CN(S(=O)(=O)c2cccc(Cl)c2)C1. The highest BCUT2D eigenvalue weighted by Gasteiger charge is 2.45. The van der Waals surface area contributed by atoms with Crippen molar-refractivity contribution in [1.82, 2.24) is 4.31 Å². The number of aliphatic hydroxyl groups is 1. The second-order valence-corrected chi connectivity index (χ2v) is 6.68. The average molecular weight is 276 g/mol. The van der Waals surface area contributed by atoms with Gasteiger partial charge in [-0.05, 0) is 24.6 Å². The minimum atomic E-state index is -3.52. The summed E-state index contributed by atoms with van der Waals surface area (Å²) in [4.78, 5) is 0.170. The van der Waals surface area contributed by atoms with Gasteiger partial charge < -0.3 is 5.11 Å². The Balaban J connectivity index is 2.22. The van der Waals surface area contributed by atoms with Gasteiger partial charge in [-0.1, -0.05) is 24.6 Å². The van der Waals surface area contributed by atoms with Crippen molar-refractivity contribution in [3.8, 4) is 0 Å². The first-order chi connectivity index (χ1) is 7.87. The lowest BCUT2D eigenvalue weighted by atomic mass is 9.94. The molecule has 1 saturated heterocycles. The summed E-state index contributed by atoms with van der Waals surface area (Å²) in [6, 6.07) is 6.14. The highest BCUT2D eigenvalue weighted by Crippen LogP contribution is 2.30. The Hall–Kier alpha value is -0.620. The van der Waals surface area contributed by atoms with Crippen LogP contribution >= 0.6 is 11.6 Å². The van der Waals surface area contributed by atoms with Gasteiger partial charge in [0.25, 0.3) is 0 Å². The number of benzene rings is 1. The Morgan fingerprint density at radius 3 is 2.65 bits per heavy atom. The minimum absolute atomic E-state index is 0.151. The molecule has 0 aliphatic carbocycles. The first kappa shape index (κ1) is 12.8. The Labute approximate surface area is 106 Å². The largest absolute Gasteiger partial charge is 0.387 e. The van der Waals surface area contributed by atoms with Gasteiger partial charge in [0.05, 0.1) is 10.5 Å². The zero-order chi connectivity index (χ0) is 12.7. The zero-order valence-corrected chi connectivity index (χ0v) is 11.0. The molecule has 0 radical (unpaired) electrons. The van der Waals surface area contributed by atoms with Crippen molar-refractivity contribution >= 4 is 21.6 Å². The number of halogens is 1. The maximum absolute atomic E-state index is 12.1. The maximum Gasteiger partial charge on any atom is 0.243 e. The van der Waals surface area contributed by atoms with Gasteiger partial charge in [0.1, 0.15) is 0 Å². The number of hydrogen-bond acceptors (Lipinski definition) is 3. The van der Waals surface area contributed by atoms with E-state index in [4.69, 9.17) is 11.6 Å². The summed E-state index contributed by atoms with van der Waals surface area (Å²) in [7, 11) is -3.52. The highest BCUT2D eigenvalue weighted by atomic mass is 35.5. The quantitative estimate of drug-likeness (QED) is 0.909. The lowest BCUT2D eigenvalue weighted by Crippen LogP contribution is -2.62. The number of nitrogens with zero attached hydrogens (tertiary/aromatic N) is 1. The molecule has 4 nitrogen and oxygen atoms in total. The lowest BCUT2D eigenvalue weighted by Gasteiger charge is -2.44. The van der Waals surface area contributed by atoms with Gasteiger partial charge in [-0.15, -0.1) is 0 Å². The van der Waals surface area contributed by atoms with Crippen LogP contribution in [0.15, 0.2) is 29.2 Å². The van der Waals surface area contributed by atoms with Crippen LogP contribution in [0.4, 0.5) is 0 Å². The molecule has 0 spiro atoms. The summed E-state index contributed by atoms with van der Waals surface area (Å²) in [5.74, 6) is 0. The Kier molecular flexibility index (Phi) is 3.20. The molecule has 1 N–H and O–H groups in total. The van der Waals surface area contributed by atoms with E-state index in [9.17, 15) is 13.5 Å². The van der Waals surface area contributed by atoms with Crippen molar-refractivity contribution in [2.75, 3.05) is 13.1 Å². The maximum atomic E-state index is 12.1. The second kappa shape index (κ2) is 4.24. The van der Waals surface area contributed by atoms with Crippen LogP contribution in [0.1, 0.15) is 13.3 Å². The van der Waals surface area contributed by atoms with Crippen LogP contribution in [-0.4, -0.2) is 36.5 Å². The monoisotopic (exact) mass is 275 g/mol. The minimum Gasteiger partial charge on any atom is -0.387 e. The predicted molar refractivity (Wildman–Crippen MR) is 65.5 cm³/mol. The van der Waals surface area contributed by atoms with Gasteiger partial charge >= 0.3 is 0 Å². The third-order valence-electron chi connectivity index (χ3n) is 3.03. The van der Waals surface area contributed by atoms with E-state index in [0.29, 0.717) is 11.4 Å². The van der Waals surface area contributed by atoms with Crippen LogP contribution in [-0.2, 0) is 10.0 Å². The molecule has 1 aromatic carbocycles. The summed E-state index contributed by atoms with van der Waals surface area (Å²) < 4.78 is 25.5. The van der Waals surface area contributed by atoms with E-state index in [2.05, 4.69) is 0 Å². The average Bonchev–Trinajstić information content (AvgIpc) is 2.24. The van der Waals surface area contributed by atoms with Crippen LogP contribution < -0.4 is 0 Å². The number of sulfonamides is 1. The Morgan fingerprint density at radius 1 is 1.47 bits per heavy atom. The summed E-state index contributed by atoms with van der Waals surface area (Å²) in [6.07, 6.45) is 0.550. The molecular weight excluding hydrogens is 262 g/mol. The number of rotatable bonds is 3. The molecule has 1 fully saturated rings. The highest BCUT2D eigenvalue weighted by molar-refractivity contribution is 7.89. The van der Waals surface area contributed by atoms with E-state index in [0.717, 1.165) is 0 Å². The molecular formula is C11H14ClNO3S. The Bertz CT molecular complexity index is 523. The summed E-state index contributed by atoms with van der Waals surface area (Å²) in [5.41, 5.74) is -0.869. The predicted octanol–water partition coefficient (Wildman–Crippen LogP) is 1.49. The summed E-state index contributed by atoms with van der Waals surface area (Å²) in [5, 5.41) is 10.2. The standard InChI is InChI=1S/C11H14ClNO3S/c1-2-11(14)7-13(8-11)17(15,16)10-5-3-4-9(12)6-10/h3-6,14H,2,7-8H2,1H3. The normalized spacial score (nSPS) is 19.9. The smallest absolute Gasteiger partial charge is 0.243 e. The third-order valence-corrected chi connectivity index (χ3v) is 5.06. The molecule has 0 unspecified atom stereocenters. The van der Waals surface area contributed by atoms with Gasteiger partial charge in [0.15, 0.2) is 0 Å². The summed E-state index contributed by atoms with van der Waals surface area (Å²) in [6.45, 7) is 2.14. The molecule has 0 atom stereocenters. The molecule has 17 heavy (non-hydrogen) atoms.